The Labute approximate surface area is 90.6 Å². The molecule has 1 aliphatic carbocycles. The van der Waals surface area contributed by atoms with E-state index in [2.05, 4.69) is 21.8 Å². The number of imidazole rings is 1. The van der Waals surface area contributed by atoms with Gasteiger partial charge in [0.15, 0.2) is 0 Å². The lowest BCUT2D eigenvalue weighted by molar-refractivity contribution is 0.190. The number of anilines is 1. The van der Waals surface area contributed by atoms with Crippen LogP contribution < -0.4 is 5.32 Å². The lowest BCUT2D eigenvalue weighted by atomic mass is 10.4. The minimum Gasteiger partial charge on any atom is -0.383 e. The molecule has 0 radical (unpaired) electrons. The van der Waals surface area contributed by atoms with E-state index in [0.717, 1.165) is 18.4 Å². The summed E-state index contributed by atoms with van der Waals surface area (Å²) in [6.07, 6.45) is 6.63. The molecular formula is C11H19N3O. The van der Waals surface area contributed by atoms with Crippen molar-refractivity contribution in [3.05, 3.63) is 12.4 Å². The van der Waals surface area contributed by atoms with Crippen LogP contribution in [-0.4, -0.2) is 29.3 Å². The number of methoxy groups -OCH3 is 1. The fourth-order valence-electron chi connectivity index (χ4n) is 1.69. The van der Waals surface area contributed by atoms with Crippen LogP contribution in [0.2, 0.25) is 0 Å². The van der Waals surface area contributed by atoms with Crippen molar-refractivity contribution in [1.82, 2.24) is 9.55 Å². The van der Waals surface area contributed by atoms with Gasteiger partial charge >= 0.3 is 0 Å². The van der Waals surface area contributed by atoms with Crippen LogP contribution in [0, 0.1) is 5.92 Å². The monoisotopic (exact) mass is 209 g/mol. The Hall–Kier alpha value is -1.03. The van der Waals surface area contributed by atoms with E-state index in [4.69, 9.17) is 4.74 Å². The Morgan fingerprint density at radius 3 is 3.13 bits per heavy atom. The quantitative estimate of drug-likeness (QED) is 0.775. The molecule has 1 heterocycles. The highest BCUT2D eigenvalue weighted by Gasteiger charge is 2.22. The molecule has 1 fully saturated rings. The zero-order valence-corrected chi connectivity index (χ0v) is 9.44. The van der Waals surface area contributed by atoms with E-state index in [9.17, 15) is 0 Å². The van der Waals surface area contributed by atoms with Crippen LogP contribution in [0.25, 0.3) is 0 Å². The van der Waals surface area contributed by atoms with Crippen LogP contribution in [0.1, 0.15) is 19.8 Å². The van der Waals surface area contributed by atoms with Crippen molar-refractivity contribution in [2.45, 2.75) is 32.4 Å². The van der Waals surface area contributed by atoms with Gasteiger partial charge in [-0.25, -0.2) is 4.98 Å². The predicted molar refractivity (Wildman–Crippen MR) is 59.9 cm³/mol. The highest BCUT2D eigenvalue weighted by Crippen LogP contribution is 2.31. The van der Waals surface area contributed by atoms with Crippen LogP contribution in [0.4, 0.5) is 5.95 Å². The summed E-state index contributed by atoms with van der Waals surface area (Å²) >= 11 is 0. The third kappa shape index (κ3) is 2.96. The van der Waals surface area contributed by atoms with Crippen LogP contribution in [0.3, 0.4) is 0 Å². The maximum Gasteiger partial charge on any atom is 0.203 e. The average Bonchev–Trinajstić information content (AvgIpc) is 2.90. The molecule has 0 aromatic carbocycles. The summed E-state index contributed by atoms with van der Waals surface area (Å²) in [4.78, 5) is 4.32. The number of rotatable bonds is 6. The number of nitrogens with one attached hydrogen (secondary N) is 1. The van der Waals surface area contributed by atoms with Crippen molar-refractivity contribution in [2.24, 2.45) is 5.92 Å². The molecule has 4 heteroatoms. The van der Waals surface area contributed by atoms with Gasteiger partial charge in [-0.15, -0.1) is 0 Å². The maximum absolute atomic E-state index is 5.09. The van der Waals surface area contributed by atoms with Gasteiger partial charge in [-0.2, -0.15) is 0 Å². The Balaban J connectivity index is 1.91. The first-order valence-corrected chi connectivity index (χ1v) is 5.56. The van der Waals surface area contributed by atoms with E-state index < -0.39 is 0 Å². The summed E-state index contributed by atoms with van der Waals surface area (Å²) in [5.41, 5.74) is 0. The van der Waals surface area contributed by atoms with E-state index >= 15 is 0 Å². The predicted octanol–water partition coefficient (Wildman–Crippen LogP) is 1.74. The molecule has 1 atom stereocenters. The Morgan fingerprint density at radius 2 is 2.47 bits per heavy atom. The molecular weight excluding hydrogens is 190 g/mol. The van der Waals surface area contributed by atoms with E-state index in [1.807, 2.05) is 12.4 Å². The molecule has 2 rings (SSSR count). The fourth-order valence-corrected chi connectivity index (χ4v) is 1.69. The van der Waals surface area contributed by atoms with Crippen LogP contribution in [0.15, 0.2) is 12.4 Å². The zero-order chi connectivity index (χ0) is 10.7. The second-order valence-corrected chi connectivity index (χ2v) is 4.35. The molecule has 0 spiro atoms. The summed E-state index contributed by atoms with van der Waals surface area (Å²) in [6, 6.07) is 0.301. The van der Waals surface area contributed by atoms with Gasteiger partial charge < -0.3 is 14.6 Å². The minimum atomic E-state index is 0.301. The van der Waals surface area contributed by atoms with Gasteiger partial charge in [0.1, 0.15) is 0 Å². The number of aromatic nitrogens is 2. The number of ether oxygens (including phenoxy) is 1. The van der Waals surface area contributed by atoms with Gasteiger partial charge in [0.05, 0.1) is 6.61 Å². The molecule has 1 saturated carbocycles. The van der Waals surface area contributed by atoms with Crippen molar-refractivity contribution >= 4 is 5.95 Å². The smallest absolute Gasteiger partial charge is 0.203 e. The van der Waals surface area contributed by atoms with E-state index in [1.165, 1.54) is 12.8 Å². The highest BCUT2D eigenvalue weighted by atomic mass is 16.5. The van der Waals surface area contributed by atoms with Crippen LogP contribution >= 0.6 is 0 Å². The van der Waals surface area contributed by atoms with Gasteiger partial charge in [0.2, 0.25) is 5.95 Å². The molecule has 1 aliphatic rings. The molecule has 0 saturated heterocycles. The Kier molecular flexibility index (Phi) is 3.26. The molecule has 15 heavy (non-hydrogen) atoms. The van der Waals surface area contributed by atoms with Crippen molar-refractivity contribution < 1.29 is 4.74 Å². The molecule has 1 aromatic rings. The zero-order valence-electron chi connectivity index (χ0n) is 9.44. The summed E-state index contributed by atoms with van der Waals surface area (Å²) in [5.74, 6) is 1.84. The normalized spacial score (nSPS) is 17.7. The SMILES string of the molecule is COCC(C)Nc1nccn1CC1CC1. The lowest BCUT2D eigenvalue weighted by Crippen LogP contribution is -2.23. The summed E-state index contributed by atoms with van der Waals surface area (Å²) in [7, 11) is 1.72. The van der Waals surface area contributed by atoms with Crippen LogP contribution in [-0.2, 0) is 11.3 Å². The standard InChI is InChI=1S/C11H19N3O/c1-9(8-15-2)13-11-12-5-6-14(11)7-10-3-4-10/h5-6,9-10H,3-4,7-8H2,1-2H3,(H,12,13). The second kappa shape index (κ2) is 4.66. The highest BCUT2D eigenvalue weighted by molar-refractivity contribution is 5.27. The Bertz CT molecular complexity index is 307. The molecule has 1 N–H and O–H groups in total. The molecule has 4 nitrogen and oxygen atoms in total. The first kappa shape index (κ1) is 10.5. The lowest BCUT2D eigenvalue weighted by Gasteiger charge is -2.14. The third-order valence-corrected chi connectivity index (χ3v) is 2.66. The molecule has 1 aromatic heterocycles. The van der Waals surface area contributed by atoms with E-state index in [0.29, 0.717) is 12.6 Å². The molecule has 0 amide bonds. The molecule has 1 unspecified atom stereocenters. The minimum absolute atomic E-state index is 0.301. The topological polar surface area (TPSA) is 39.1 Å². The summed E-state index contributed by atoms with van der Waals surface area (Å²) in [5, 5.41) is 3.35. The van der Waals surface area contributed by atoms with E-state index in [1.54, 1.807) is 7.11 Å². The van der Waals surface area contributed by atoms with Gasteiger partial charge in [-0.1, -0.05) is 0 Å². The summed E-state index contributed by atoms with van der Waals surface area (Å²) < 4.78 is 7.28. The fraction of sp³-hybridized carbons (Fsp3) is 0.727. The summed E-state index contributed by atoms with van der Waals surface area (Å²) in [6.45, 7) is 3.90. The molecule has 84 valence electrons. The third-order valence-electron chi connectivity index (χ3n) is 2.66. The molecule has 0 aliphatic heterocycles. The van der Waals surface area contributed by atoms with Gasteiger partial charge in [0, 0.05) is 32.1 Å². The average molecular weight is 209 g/mol. The van der Waals surface area contributed by atoms with Crippen molar-refractivity contribution in [2.75, 3.05) is 19.0 Å². The van der Waals surface area contributed by atoms with E-state index in [-0.39, 0.29) is 0 Å². The number of hydrogen-bond acceptors (Lipinski definition) is 3. The van der Waals surface area contributed by atoms with Crippen molar-refractivity contribution in [1.29, 1.82) is 0 Å². The van der Waals surface area contributed by atoms with Crippen molar-refractivity contribution in [3.63, 3.8) is 0 Å². The maximum atomic E-state index is 5.09. The first-order chi connectivity index (χ1) is 7.29. The van der Waals surface area contributed by atoms with Crippen molar-refractivity contribution in [3.8, 4) is 0 Å². The Morgan fingerprint density at radius 1 is 1.67 bits per heavy atom. The number of hydrogen-bond donors (Lipinski definition) is 1. The van der Waals surface area contributed by atoms with Gasteiger partial charge in [0.25, 0.3) is 0 Å². The second-order valence-electron chi connectivity index (χ2n) is 4.35. The van der Waals surface area contributed by atoms with Crippen LogP contribution in [0.5, 0.6) is 0 Å². The van der Waals surface area contributed by atoms with Gasteiger partial charge in [-0.3, -0.25) is 0 Å². The first-order valence-electron chi connectivity index (χ1n) is 5.56. The molecule has 0 bridgehead atoms. The van der Waals surface area contributed by atoms with Gasteiger partial charge in [-0.05, 0) is 25.7 Å². The largest absolute Gasteiger partial charge is 0.383 e. The number of nitrogens with zero attached hydrogens (tertiary/aromatic N) is 2.